The van der Waals surface area contributed by atoms with Gasteiger partial charge in [-0.2, -0.15) is 0 Å². The molecule has 0 unspecified atom stereocenters. The molecule has 0 aliphatic rings. The third kappa shape index (κ3) is 1.97. The lowest BCUT2D eigenvalue weighted by molar-refractivity contribution is 0.511. The van der Waals surface area contributed by atoms with E-state index in [2.05, 4.69) is 4.98 Å². The number of aromatic amines is 1. The normalized spacial score (nSPS) is 10.4. The molecule has 2 rings (SSSR count). The zero-order valence-corrected chi connectivity index (χ0v) is 8.68. The molecule has 0 spiro atoms. The van der Waals surface area contributed by atoms with E-state index in [4.69, 9.17) is 11.6 Å². The highest BCUT2D eigenvalue weighted by atomic mass is 35.5. The molecule has 1 aromatic heterocycles. The van der Waals surface area contributed by atoms with Crippen LogP contribution in [0, 0.1) is 11.6 Å². The number of benzene rings is 1. The number of halogens is 3. The lowest BCUT2D eigenvalue weighted by Gasteiger charge is -2.03. The summed E-state index contributed by atoms with van der Waals surface area (Å²) in [7, 11) is 0. The van der Waals surface area contributed by atoms with E-state index in [9.17, 15) is 13.6 Å². The summed E-state index contributed by atoms with van der Waals surface area (Å²) < 4.78 is 26.4. The fraction of sp³-hybridized carbons (Fsp3) is 0. The second-order valence-corrected chi connectivity index (χ2v) is 3.59. The van der Waals surface area contributed by atoms with Crippen molar-refractivity contribution in [1.29, 1.82) is 0 Å². The van der Waals surface area contributed by atoms with Crippen LogP contribution in [0.15, 0.2) is 35.1 Å². The van der Waals surface area contributed by atoms with Crippen molar-refractivity contribution in [2.75, 3.05) is 0 Å². The molecule has 0 aliphatic carbocycles. The van der Waals surface area contributed by atoms with Crippen molar-refractivity contribution in [2.24, 2.45) is 0 Å². The van der Waals surface area contributed by atoms with E-state index in [-0.39, 0.29) is 16.3 Å². The van der Waals surface area contributed by atoms with Gasteiger partial charge in [-0.25, -0.2) is 8.78 Å². The monoisotopic (exact) mass is 241 g/mol. The molecule has 0 bridgehead atoms. The highest BCUT2D eigenvalue weighted by Gasteiger charge is 2.10. The molecule has 0 saturated carbocycles. The predicted molar refractivity (Wildman–Crippen MR) is 57.4 cm³/mol. The van der Waals surface area contributed by atoms with Gasteiger partial charge in [-0.1, -0.05) is 23.7 Å². The van der Waals surface area contributed by atoms with Crippen LogP contribution in [0.5, 0.6) is 0 Å². The Morgan fingerprint density at radius 1 is 1.19 bits per heavy atom. The highest BCUT2D eigenvalue weighted by molar-refractivity contribution is 6.29. The maximum atomic E-state index is 13.4. The van der Waals surface area contributed by atoms with Gasteiger partial charge in [-0.15, -0.1) is 0 Å². The molecule has 0 aliphatic heterocycles. The zero-order chi connectivity index (χ0) is 11.7. The van der Waals surface area contributed by atoms with Crippen molar-refractivity contribution < 1.29 is 8.78 Å². The molecule has 0 atom stereocenters. The van der Waals surface area contributed by atoms with Gasteiger partial charge in [0.05, 0.1) is 0 Å². The lowest BCUT2D eigenvalue weighted by atomic mass is 10.1. The largest absolute Gasteiger partial charge is 0.313 e. The molecule has 0 amide bonds. The molecule has 1 aromatic carbocycles. The number of pyridine rings is 1. The number of nitrogens with one attached hydrogen (secondary N) is 1. The molecule has 2 nitrogen and oxygen atoms in total. The highest BCUT2D eigenvalue weighted by Crippen LogP contribution is 2.24. The van der Waals surface area contributed by atoms with E-state index in [1.54, 1.807) is 0 Å². The quantitative estimate of drug-likeness (QED) is 0.765. The number of rotatable bonds is 1. The average molecular weight is 242 g/mol. The van der Waals surface area contributed by atoms with Crippen molar-refractivity contribution in [2.45, 2.75) is 0 Å². The first-order valence-electron chi connectivity index (χ1n) is 4.42. The van der Waals surface area contributed by atoms with Gasteiger partial charge in [-0.05, 0) is 17.7 Å². The van der Waals surface area contributed by atoms with Crippen LogP contribution in [0.3, 0.4) is 0 Å². The van der Waals surface area contributed by atoms with Crippen LogP contribution < -0.4 is 5.56 Å². The Hall–Kier alpha value is -1.68. The van der Waals surface area contributed by atoms with Crippen LogP contribution in [0.1, 0.15) is 0 Å². The Morgan fingerprint density at radius 3 is 2.62 bits per heavy atom. The van der Waals surface area contributed by atoms with Crippen LogP contribution >= 0.6 is 11.6 Å². The minimum absolute atomic E-state index is 0.00741. The number of aromatic nitrogens is 1. The summed E-state index contributed by atoms with van der Waals surface area (Å²) in [6, 6.07) is 6.27. The Morgan fingerprint density at radius 2 is 1.94 bits per heavy atom. The van der Waals surface area contributed by atoms with Gasteiger partial charge in [-0.3, -0.25) is 4.79 Å². The van der Waals surface area contributed by atoms with Gasteiger partial charge in [0.1, 0.15) is 5.15 Å². The molecular formula is C11H6ClF2NO. The molecule has 1 heterocycles. The fourth-order valence-electron chi connectivity index (χ4n) is 1.39. The van der Waals surface area contributed by atoms with Crippen LogP contribution in [0.25, 0.3) is 11.1 Å². The topological polar surface area (TPSA) is 32.9 Å². The minimum Gasteiger partial charge on any atom is -0.313 e. The lowest BCUT2D eigenvalue weighted by Crippen LogP contribution is -2.04. The van der Waals surface area contributed by atoms with E-state index in [0.29, 0.717) is 0 Å². The molecule has 1 N–H and O–H groups in total. The average Bonchev–Trinajstić information content (AvgIpc) is 2.20. The molecule has 0 saturated heterocycles. The summed E-state index contributed by atoms with van der Waals surface area (Å²) in [4.78, 5) is 13.4. The molecule has 16 heavy (non-hydrogen) atoms. The second-order valence-electron chi connectivity index (χ2n) is 3.18. The smallest absolute Gasteiger partial charge is 0.249 e. The Bertz CT molecular complexity index is 595. The van der Waals surface area contributed by atoms with Crippen molar-refractivity contribution in [3.8, 4) is 11.1 Å². The van der Waals surface area contributed by atoms with E-state index in [1.807, 2.05) is 0 Å². The van der Waals surface area contributed by atoms with Gasteiger partial charge < -0.3 is 4.98 Å². The Labute approximate surface area is 94.5 Å². The van der Waals surface area contributed by atoms with Crippen molar-refractivity contribution in [3.05, 3.63) is 57.5 Å². The van der Waals surface area contributed by atoms with E-state index < -0.39 is 17.2 Å². The first-order chi connectivity index (χ1) is 7.58. The summed E-state index contributed by atoms with van der Waals surface area (Å²) in [5, 5.41) is 0.0751. The maximum Gasteiger partial charge on any atom is 0.249 e. The Kier molecular flexibility index (Phi) is 2.75. The minimum atomic E-state index is -0.996. The van der Waals surface area contributed by atoms with Crippen molar-refractivity contribution >= 4 is 11.6 Å². The summed E-state index contributed by atoms with van der Waals surface area (Å²) in [6.07, 6.45) is 0. The number of hydrogen-bond donors (Lipinski definition) is 1. The second kappa shape index (κ2) is 4.06. The third-order valence-electron chi connectivity index (χ3n) is 2.07. The zero-order valence-electron chi connectivity index (χ0n) is 7.93. The molecule has 0 radical (unpaired) electrons. The van der Waals surface area contributed by atoms with Gasteiger partial charge in [0.2, 0.25) is 5.56 Å². The van der Waals surface area contributed by atoms with E-state index in [1.165, 1.54) is 18.2 Å². The fourth-order valence-corrected chi connectivity index (χ4v) is 1.60. The van der Waals surface area contributed by atoms with Gasteiger partial charge in [0.25, 0.3) is 0 Å². The first kappa shape index (κ1) is 10.8. The third-order valence-corrected chi connectivity index (χ3v) is 2.28. The number of hydrogen-bond acceptors (Lipinski definition) is 1. The van der Waals surface area contributed by atoms with Crippen LogP contribution in [-0.2, 0) is 0 Å². The summed E-state index contributed by atoms with van der Waals surface area (Å²) in [5.41, 5.74) is -0.218. The summed E-state index contributed by atoms with van der Waals surface area (Å²) >= 11 is 5.62. The summed E-state index contributed by atoms with van der Waals surface area (Å²) in [6.45, 7) is 0. The van der Waals surface area contributed by atoms with Gasteiger partial charge in [0, 0.05) is 11.6 Å². The predicted octanol–water partition coefficient (Wildman–Crippen LogP) is 2.97. The van der Waals surface area contributed by atoms with E-state index in [0.717, 1.165) is 12.1 Å². The van der Waals surface area contributed by atoms with Gasteiger partial charge >= 0.3 is 0 Å². The van der Waals surface area contributed by atoms with Crippen LogP contribution in [-0.4, -0.2) is 4.98 Å². The van der Waals surface area contributed by atoms with Gasteiger partial charge in [0.15, 0.2) is 11.6 Å². The SMILES string of the molecule is O=c1cc(-c2cccc(F)c2F)cc(Cl)[nH]1. The van der Waals surface area contributed by atoms with Crippen LogP contribution in [0.2, 0.25) is 5.15 Å². The van der Waals surface area contributed by atoms with Crippen molar-refractivity contribution in [1.82, 2.24) is 4.98 Å². The molecule has 5 heteroatoms. The maximum absolute atomic E-state index is 13.4. The van der Waals surface area contributed by atoms with Crippen molar-refractivity contribution in [3.63, 3.8) is 0 Å². The Balaban J connectivity index is 2.67. The molecule has 2 aromatic rings. The molecule has 0 fully saturated rings. The molecule has 82 valence electrons. The standard InChI is InChI=1S/C11H6ClF2NO/c12-9-4-6(5-10(16)15-9)7-2-1-3-8(13)11(7)14/h1-5H,(H,15,16). The van der Waals surface area contributed by atoms with E-state index >= 15 is 0 Å². The first-order valence-corrected chi connectivity index (χ1v) is 4.80. The van der Waals surface area contributed by atoms with Crippen LogP contribution in [0.4, 0.5) is 8.78 Å². The molecular weight excluding hydrogens is 236 g/mol. The summed E-state index contributed by atoms with van der Waals surface area (Å²) in [5.74, 6) is -1.96. The number of H-pyrrole nitrogens is 1.